The predicted octanol–water partition coefficient (Wildman–Crippen LogP) is 1.74. The first kappa shape index (κ1) is 13.2. The Morgan fingerprint density at radius 1 is 1.44 bits per heavy atom. The van der Waals surface area contributed by atoms with Crippen LogP contribution < -0.4 is 0 Å². The van der Waals surface area contributed by atoms with Gasteiger partial charge in [0.25, 0.3) is 0 Å². The molecule has 5 heteroatoms. The zero-order chi connectivity index (χ0) is 13.0. The molecule has 1 N–H and O–H groups in total. The summed E-state index contributed by atoms with van der Waals surface area (Å²) in [6, 6.07) is 8.73. The number of carboxylic acids is 1. The average molecular weight is 268 g/mol. The second-order valence-electron chi connectivity index (χ2n) is 4.31. The van der Waals surface area contributed by atoms with Crippen LogP contribution in [-0.4, -0.2) is 33.7 Å². The fourth-order valence-corrected chi connectivity index (χ4v) is 3.60. The van der Waals surface area contributed by atoms with Crippen LogP contribution in [0.3, 0.4) is 0 Å². The number of carbonyl (C=O) groups is 1. The van der Waals surface area contributed by atoms with Gasteiger partial charge in [-0.1, -0.05) is 30.3 Å². The van der Waals surface area contributed by atoms with Crippen LogP contribution in [0.2, 0.25) is 0 Å². The zero-order valence-corrected chi connectivity index (χ0v) is 10.8. The number of hydrogen-bond acceptors (Lipinski definition) is 3. The van der Waals surface area contributed by atoms with E-state index in [4.69, 9.17) is 4.74 Å². The van der Waals surface area contributed by atoms with Gasteiger partial charge in [0.2, 0.25) is 0 Å². The van der Waals surface area contributed by atoms with E-state index in [0.717, 1.165) is 12.8 Å². The van der Waals surface area contributed by atoms with Gasteiger partial charge in [-0.2, -0.15) is 0 Å². The standard InChI is InChI=1S/C13H16O4S/c14-13(15)12(10-5-2-1-3-6-10)18(16)9-11-7-4-8-17-11/h1-3,5-6,11-12H,4,7-9H2,(H,14,15). The van der Waals surface area contributed by atoms with Crippen LogP contribution in [0, 0.1) is 0 Å². The number of benzene rings is 1. The minimum absolute atomic E-state index is 0.0589. The van der Waals surface area contributed by atoms with Crippen molar-refractivity contribution in [2.45, 2.75) is 24.2 Å². The summed E-state index contributed by atoms with van der Waals surface area (Å²) in [6.07, 6.45) is 1.77. The number of hydrogen-bond donors (Lipinski definition) is 1. The largest absolute Gasteiger partial charge is 0.480 e. The number of rotatable bonds is 5. The molecule has 1 aromatic rings. The molecule has 18 heavy (non-hydrogen) atoms. The van der Waals surface area contributed by atoms with Gasteiger partial charge in [0.05, 0.1) is 11.9 Å². The smallest absolute Gasteiger partial charge is 0.323 e. The number of ether oxygens (including phenoxy) is 1. The van der Waals surface area contributed by atoms with Crippen LogP contribution >= 0.6 is 0 Å². The molecule has 3 unspecified atom stereocenters. The molecule has 0 aliphatic carbocycles. The van der Waals surface area contributed by atoms with Crippen molar-refractivity contribution in [2.75, 3.05) is 12.4 Å². The molecule has 1 saturated heterocycles. The van der Waals surface area contributed by atoms with Gasteiger partial charge in [-0.15, -0.1) is 0 Å². The highest BCUT2D eigenvalue weighted by molar-refractivity contribution is 7.86. The molecule has 98 valence electrons. The zero-order valence-electron chi connectivity index (χ0n) is 9.95. The third-order valence-corrected chi connectivity index (χ3v) is 4.66. The highest BCUT2D eigenvalue weighted by Crippen LogP contribution is 2.23. The van der Waals surface area contributed by atoms with Crippen LogP contribution in [0.15, 0.2) is 30.3 Å². The maximum Gasteiger partial charge on any atom is 0.323 e. The molecule has 1 aliphatic rings. The lowest BCUT2D eigenvalue weighted by atomic mass is 10.1. The molecule has 3 atom stereocenters. The fraction of sp³-hybridized carbons (Fsp3) is 0.462. The van der Waals surface area contributed by atoms with E-state index >= 15 is 0 Å². The Bertz CT molecular complexity index is 426. The van der Waals surface area contributed by atoms with Gasteiger partial charge >= 0.3 is 5.97 Å². The van der Waals surface area contributed by atoms with Crippen LogP contribution in [0.5, 0.6) is 0 Å². The van der Waals surface area contributed by atoms with Crippen LogP contribution in [0.25, 0.3) is 0 Å². The van der Waals surface area contributed by atoms with Crippen LogP contribution in [0.1, 0.15) is 23.7 Å². The maximum absolute atomic E-state index is 12.2. The van der Waals surface area contributed by atoms with Crippen molar-refractivity contribution >= 4 is 16.8 Å². The minimum Gasteiger partial charge on any atom is -0.480 e. The summed E-state index contributed by atoms with van der Waals surface area (Å²) in [7, 11) is -1.45. The van der Waals surface area contributed by atoms with Gasteiger partial charge in [-0.3, -0.25) is 9.00 Å². The monoisotopic (exact) mass is 268 g/mol. The fourth-order valence-electron chi connectivity index (χ4n) is 2.09. The first-order valence-electron chi connectivity index (χ1n) is 5.95. The highest BCUT2D eigenvalue weighted by atomic mass is 32.2. The van der Waals surface area contributed by atoms with E-state index in [-0.39, 0.29) is 6.10 Å². The summed E-state index contributed by atoms with van der Waals surface area (Å²) in [5.41, 5.74) is 0.585. The van der Waals surface area contributed by atoms with Gasteiger partial charge in [0.1, 0.15) is 0 Å². The van der Waals surface area contributed by atoms with Crippen molar-refractivity contribution in [3.8, 4) is 0 Å². The van der Waals surface area contributed by atoms with Gasteiger partial charge in [0, 0.05) is 17.4 Å². The molecule has 1 aromatic carbocycles. The molecule has 4 nitrogen and oxygen atoms in total. The Morgan fingerprint density at radius 3 is 2.72 bits per heavy atom. The normalized spacial score (nSPS) is 22.6. The molecule has 1 aliphatic heterocycles. The van der Waals surface area contributed by atoms with Crippen molar-refractivity contribution < 1.29 is 18.8 Å². The second kappa shape index (κ2) is 6.11. The summed E-state index contributed by atoms with van der Waals surface area (Å²) in [6.45, 7) is 0.685. The Balaban J connectivity index is 2.10. The Morgan fingerprint density at radius 2 is 2.17 bits per heavy atom. The van der Waals surface area contributed by atoms with Crippen molar-refractivity contribution in [3.63, 3.8) is 0 Å². The highest BCUT2D eigenvalue weighted by Gasteiger charge is 2.29. The van der Waals surface area contributed by atoms with Gasteiger partial charge in [0.15, 0.2) is 5.25 Å². The Labute approximate surface area is 108 Å². The van der Waals surface area contributed by atoms with Crippen LogP contribution in [0.4, 0.5) is 0 Å². The quantitative estimate of drug-likeness (QED) is 0.883. The van der Waals surface area contributed by atoms with E-state index < -0.39 is 22.0 Å². The van der Waals surface area contributed by atoms with Gasteiger partial charge in [-0.05, 0) is 18.4 Å². The lowest BCUT2D eigenvalue weighted by Gasteiger charge is -2.15. The minimum atomic E-state index is -1.45. The Kier molecular flexibility index (Phi) is 4.49. The van der Waals surface area contributed by atoms with E-state index in [1.165, 1.54) is 0 Å². The third kappa shape index (κ3) is 3.17. The maximum atomic E-state index is 12.2. The molecule has 0 saturated carbocycles. The first-order chi connectivity index (χ1) is 8.68. The van der Waals surface area contributed by atoms with Crippen molar-refractivity contribution in [1.82, 2.24) is 0 Å². The molecule has 2 rings (SSSR count). The summed E-state index contributed by atoms with van der Waals surface area (Å²) in [4.78, 5) is 11.3. The van der Waals surface area contributed by atoms with Crippen molar-refractivity contribution in [3.05, 3.63) is 35.9 Å². The van der Waals surface area contributed by atoms with Gasteiger partial charge < -0.3 is 9.84 Å². The third-order valence-electron chi connectivity index (χ3n) is 2.96. The van der Waals surface area contributed by atoms with Crippen molar-refractivity contribution in [2.24, 2.45) is 0 Å². The molecular weight excluding hydrogens is 252 g/mol. The SMILES string of the molecule is O=C(O)C(c1ccccc1)S(=O)CC1CCCO1. The van der Waals surface area contributed by atoms with E-state index in [9.17, 15) is 14.1 Å². The molecule has 0 amide bonds. The topological polar surface area (TPSA) is 63.6 Å². The molecule has 0 bridgehead atoms. The first-order valence-corrected chi connectivity index (χ1v) is 7.33. The molecule has 0 radical (unpaired) electrons. The van der Waals surface area contributed by atoms with E-state index in [1.54, 1.807) is 24.3 Å². The number of carboxylic acid groups (broad SMARTS) is 1. The average Bonchev–Trinajstić information content (AvgIpc) is 2.83. The van der Waals surface area contributed by atoms with E-state index in [0.29, 0.717) is 17.9 Å². The lowest BCUT2D eigenvalue weighted by Crippen LogP contribution is -2.24. The van der Waals surface area contributed by atoms with Gasteiger partial charge in [-0.25, -0.2) is 0 Å². The summed E-state index contributed by atoms with van der Waals surface area (Å²) in [5, 5.41) is 8.27. The second-order valence-corrected chi connectivity index (χ2v) is 5.88. The van der Waals surface area contributed by atoms with E-state index in [2.05, 4.69) is 0 Å². The summed E-state index contributed by atoms with van der Waals surface area (Å²) in [5.74, 6) is -0.746. The molecule has 0 spiro atoms. The lowest BCUT2D eigenvalue weighted by molar-refractivity contribution is -0.136. The molecule has 1 fully saturated rings. The number of aliphatic carboxylic acids is 1. The van der Waals surface area contributed by atoms with Crippen molar-refractivity contribution in [1.29, 1.82) is 0 Å². The predicted molar refractivity (Wildman–Crippen MR) is 68.8 cm³/mol. The molecular formula is C13H16O4S. The molecule has 0 aromatic heterocycles. The van der Waals surface area contributed by atoms with E-state index in [1.807, 2.05) is 6.07 Å². The molecule has 1 heterocycles. The Hall–Kier alpha value is -1.20. The summed E-state index contributed by atoms with van der Waals surface area (Å²) >= 11 is 0. The summed E-state index contributed by atoms with van der Waals surface area (Å²) < 4.78 is 17.6. The van der Waals surface area contributed by atoms with Crippen LogP contribution in [-0.2, 0) is 20.3 Å².